The highest BCUT2D eigenvalue weighted by Crippen LogP contribution is 2.24. The molecule has 28 heavy (non-hydrogen) atoms. The lowest BCUT2D eigenvalue weighted by Crippen LogP contribution is -2.17. The van der Waals surface area contributed by atoms with Crippen LogP contribution in [0.15, 0.2) is 53.9 Å². The first-order valence-corrected chi connectivity index (χ1v) is 8.72. The molecule has 2 aromatic heterocycles. The molecule has 1 amide bonds. The summed E-state index contributed by atoms with van der Waals surface area (Å²) in [4.78, 5) is 27.0. The van der Waals surface area contributed by atoms with Gasteiger partial charge in [-0.2, -0.15) is 5.10 Å². The molecule has 2 heterocycles. The number of rotatable bonds is 5. The number of carbonyl (C=O) groups excluding carboxylic acids is 1. The molecule has 3 aromatic rings. The van der Waals surface area contributed by atoms with Gasteiger partial charge in [-0.1, -0.05) is 11.6 Å². The van der Waals surface area contributed by atoms with Crippen LogP contribution in [0, 0.1) is 13.8 Å². The molecule has 0 unspecified atom stereocenters. The van der Waals surface area contributed by atoms with Crippen LogP contribution in [-0.2, 0) is 0 Å². The quantitative estimate of drug-likeness (QED) is 0.508. The smallest absolute Gasteiger partial charge is 0.337 e. The lowest BCUT2D eigenvalue weighted by Gasteiger charge is -2.11. The van der Waals surface area contributed by atoms with Gasteiger partial charge in [0.1, 0.15) is 0 Å². The monoisotopic (exact) mass is 396 g/mol. The zero-order valence-electron chi connectivity index (χ0n) is 15.2. The van der Waals surface area contributed by atoms with Crippen molar-refractivity contribution in [1.82, 2.24) is 15.0 Å². The second-order valence-electron chi connectivity index (χ2n) is 6.07. The largest absolute Gasteiger partial charge is 0.478 e. The van der Waals surface area contributed by atoms with E-state index in [4.69, 9.17) is 16.7 Å². The van der Waals surface area contributed by atoms with E-state index in [-0.39, 0.29) is 16.5 Å². The van der Waals surface area contributed by atoms with Gasteiger partial charge in [-0.15, -0.1) is 0 Å². The molecule has 0 saturated heterocycles. The maximum absolute atomic E-state index is 12.0. The summed E-state index contributed by atoms with van der Waals surface area (Å²) in [7, 11) is 0. The van der Waals surface area contributed by atoms with Crippen molar-refractivity contribution < 1.29 is 14.7 Å². The van der Waals surface area contributed by atoms with E-state index in [9.17, 15) is 9.59 Å². The van der Waals surface area contributed by atoms with Gasteiger partial charge in [-0.25, -0.2) is 10.2 Å². The first-order chi connectivity index (χ1) is 13.4. The fourth-order valence-corrected chi connectivity index (χ4v) is 3.12. The molecule has 0 bridgehead atoms. The number of hydrogen-bond donors (Lipinski definition) is 2. The van der Waals surface area contributed by atoms with Crippen LogP contribution in [0.3, 0.4) is 0 Å². The second-order valence-corrected chi connectivity index (χ2v) is 6.47. The number of carbonyl (C=O) groups is 2. The minimum Gasteiger partial charge on any atom is -0.478 e. The summed E-state index contributed by atoms with van der Waals surface area (Å²) < 4.78 is 1.93. The number of carboxylic acid groups (broad SMARTS) is 1. The van der Waals surface area contributed by atoms with Crippen molar-refractivity contribution >= 4 is 29.7 Å². The molecule has 1 aromatic carbocycles. The van der Waals surface area contributed by atoms with Crippen LogP contribution in [0.1, 0.15) is 37.7 Å². The van der Waals surface area contributed by atoms with E-state index in [1.807, 2.05) is 24.5 Å². The van der Waals surface area contributed by atoms with Crippen molar-refractivity contribution in [3.05, 3.63) is 81.9 Å². The Balaban J connectivity index is 1.83. The Bertz CT molecular complexity index is 1070. The van der Waals surface area contributed by atoms with Crippen LogP contribution in [0.5, 0.6) is 0 Å². The van der Waals surface area contributed by atoms with Gasteiger partial charge in [0.25, 0.3) is 5.91 Å². The minimum atomic E-state index is -1.07. The van der Waals surface area contributed by atoms with Crippen LogP contribution in [0.25, 0.3) is 5.69 Å². The summed E-state index contributed by atoms with van der Waals surface area (Å²) in [5.41, 5.74) is 6.33. The van der Waals surface area contributed by atoms with Crippen molar-refractivity contribution in [3.8, 4) is 5.69 Å². The number of benzene rings is 1. The third-order valence-electron chi connectivity index (χ3n) is 4.22. The summed E-state index contributed by atoms with van der Waals surface area (Å²) >= 11 is 6.09. The molecule has 0 atom stereocenters. The fourth-order valence-electron chi connectivity index (χ4n) is 2.86. The first-order valence-electron chi connectivity index (χ1n) is 8.34. The van der Waals surface area contributed by atoms with Crippen LogP contribution in [0.2, 0.25) is 5.02 Å². The van der Waals surface area contributed by atoms with E-state index < -0.39 is 5.97 Å². The molecule has 0 spiro atoms. The Hall–Kier alpha value is -3.45. The summed E-state index contributed by atoms with van der Waals surface area (Å²) in [6.07, 6.45) is 4.63. The third kappa shape index (κ3) is 3.94. The minimum absolute atomic E-state index is 0.0495. The van der Waals surface area contributed by atoms with Gasteiger partial charge >= 0.3 is 5.97 Å². The number of hydrazone groups is 1. The van der Waals surface area contributed by atoms with E-state index in [1.54, 1.807) is 30.5 Å². The number of nitrogens with one attached hydrogen (secondary N) is 1. The highest BCUT2D eigenvalue weighted by molar-refractivity contribution is 6.33. The average molecular weight is 397 g/mol. The fraction of sp³-hybridized carbons (Fsp3) is 0.100. The molecule has 8 heteroatoms. The maximum Gasteiger partial charge on any atom is 0.337 e. The molecule has 2 N–H and O–H groups in total. The molecule has 0 aliphatic heterocycles. The molecule has 0 radical (unpaired) electrons. The molecule has 0 aliphatic rings. The Morgan fingerprint density at radius 3 is 2.54 bits per heavy atom. The predicted molar refractivity (Wildman–Crippen MR) is 107 cm³/mol. The molecular weight excluding hydrogens is 380 g/mol. The number of carboxylic acids is 1. The highest BCUT2D eigenvalue weighted by Gasteiger charge is 2.13. The van der Waals surface area contributed by atoms with Gasteiger partial charge in [-0.05, 0) is 50.2 Å². The van der Waals surface area contributed by atoms with E-state index in [0.717, 1.165) is 22.6 Å². The van der Waals surface area contributed by atoms with Crippen LogP contribution in [0.4, 0.5) is 0 Å². The number of aromatic carboxylic acids is 1. The van der Waals surface area contributed by atoms with Crippen molar-refractivity contribution in [3.63, 3.8) is 0 Å². The summed E-state index contributed by atoms with van der Waals surface area (Å²) in [5, 5.41) is 13.3. The number of halogens is 1. The van der Waals surface area contributed by atoms with Crippen molar-refractivity contribution in [2.24, 2.45) is 5.10 Å². The Labute approximate surface area is 166 Å². The van der Waals surface area contributed by atoms with Crippen molar-refractivity contribution in [2.75, 3.05) is 0 Å². The van der Waals surface area contributed by atoms with Gasteiger partial charge in [0.05, 0.1) is 16.8 Å². The Morgan fingerprint density at radius 1 is 1.18 bits per heavy atom. The molecule has 0 aliphatic carbocycles. The highest BCUT2D eigenvalue weighted by atomic mass is 35.5. The lowest BCUT2D eigenvalue weighted by molar-refractivity contribution is 0.0697. The molecule has 3 rings (SSSR count). The number of pyridine rings is 1. The maximum atomic E-state index is 12.0. The van der Waals surface area contributed by atoms with Crippen molar-refractivity contribution in [1.29, 1.82) is 0 Å². The molecule has 0 fully saturated rings. The van der Waals surface area contributed by atoms with Gasteiger partial charge < -0.3 is 9.67 Å². The van der Waals surface area contributed by atoms with E-state index in [1.165, 1.54) is 18.5 Å². The predicted octanol–water partition coefficient (Wildman–Crippen LogP) is 3.60. The summed E-state index contributed by atoms with van der Waals surface area (Å²) in [6, 6.07) is 9.89. The number of hydrogen-bond acceptors (Lipinski definition) is 4. The van der Waals surface area contributed by atoms with Crippen LogP contribution >= 0.6 is 11.6 Å². The third-order valence-corrected chi connectivity index (χ3v) is 4.54. The zero-order chi connectivity index (χ0) is 20.3. The van der Waals surface area contributed by atoms with E-state index in [0.29, 0.717) is 5.56 Å². The molecular formula is C20H17ClN4O3. The Kier molecular flexibility index (Phi) is 5.56. The number of aryl methyl sites for hydroxylation is 1. The molecule has 142 valence electrons. The topological polar surface area (TPSA) is 96.6 Å². The normalized spacial score (nSPS) is 11.0. The van der Waals surface area contributed by atoms with Gasteiger partial charge in [0.15, 0.2) is 0 Å². The summed E-state index contributed by atoms with van der Waals surface area (Å²) in [6.45, 7) is 3.82. The zero-order valence-corrected chi connectivity index (χ0v) is 15.9. The standard InChI is InChI=1S/C20H17ClN4O3/c1-12-9-15(11-23-24-19(26)14-5-7-22-8-6-14)13(2)25(12)16-3-4-17(20(27)28)18(21)10-16/h3-11H,1-2H3,(H,24,26)(H,27,28)/b23-11-. The van der Waals surface area contributed by atoms with Gasteiger partial charge in [0.2, 0.25) is 0 Å². The first kappa shape index (κ1) is 19.3. The summed E-state index contributed by atoms with van der Waals surface area (Å²) in [5.74, 6) is -1.40. The Morgan fingerprint density at radius 2 is 1.89 bits per heavy atom. The van der Waals surface area contributed by atoms with Gasteiger partial charge in [0, 0.05) is 40.6 Å². The van der Waals surface area contributed by atoms with Gasteiger partial charge in [-0.3, -0.25) is 9.78 Å². The van der Waals surface area contributed by atoms with Crippen molar-refractivity contribution in [2.45, 2.75) is 13.8 Å². The number of aromatic nitrogens is 2. The average Bonchev–Trinajstić information content (AvgIpc) is 2.95. The SMILES string of the molecule is Cc1cc(/C=N\NC(=O)c2ccncc2)c(C)n1-c1ccc(C(=O)O)c(Cl)c1. The molecule has 7 nitrogen and oxygen atoms in total. The van der Waals surface area contributed by atoms with E-state index in [2.05, 4.69) is 15.5 Å². The van der Waals surface area contributed by atoms with Crippen LogP contribution in [-0.4, -0.2) is 32.7 Å². The second kappa shape index (κ2) is 8.06. The van der Waals surface area contributed by atoms with Crippen LogP contribution < -0.4 is 5.43 Å². The number of nitrogens with zero attached hydrogens (tertiary/aromatic N) is 3. The van der Waals surface area contributed by atoms with E-state index >= 15 is 0 Å². The molecule has 0 saturated carbocycles. The lowest BCUT2D eigenvalue weighted by atomic mass is 10.2. The number of amides is 1.